The second-order valence-corrected chi connectivity index (χ2v) is 5.87. The molecule has 0 fully saturated rings. The molecule has 0 bridgehead atoms. The molecule has 4 nitrogen and oxygen atoms in total. The maximum Gasteiger partial charge on any atom is 0.428 e. The number of aliphatic hydroxyl groups is 1. The molecule has 0 aromatic heterocycles. The molecule has 0 amide bonds. The number of rotatable bonds is 6. The van der Waals surface area contributed by atoms with Gasteiger partial charge in [-0.2, -0.15) is 13.2 Å². The van der Waals surface area contributed by atoms with E-state index in [1.54, 1.807) is 24.3 Å². The van der Waals surface area contributed by atoms with E-state index in [9.17, 15) is 23.1 Å². The van der Waals surface area contributed by atoms with Crippen LogP contribution in [0.4, 0.5) is 13.2 Å². The molecular weight excluding hydrogens is 313 g/mol. The van der Waals surface area contributed by atoms with Gasteiger partial charge in [0.2, 0.25) is 0 Å². The molecule has 130 valence electrons. The van der Waals surface area contributed by atoms with E-state index >= 15 is 0 Å². The Bertz CT molecular complexity index is 537. The third-order valence-corrected chi connectivity index (χ3v) is 3.65. The number of hydrogen-bond acceptors (Lipinski definition) is 4. The van der Waals surface area contributed by atoms with Crippen molar-refractivity contribution in [3.8, 4) is 5.75 Å². The fourth-order valence-corrected chi connectivity index (χ4v) is 2.32. The summed E-state index contributed by atoms with van der Waals surface area (Å²) >= 11 is 0. The average Bonchev–Trinajstić information content (AvgIpc) is 2.45. The van der Waals surface area contributed by atoms with Crippen LogP contribution >= 0.6 is 0 Å². The molecule has 0 aliphatic carbocycles. The van der Waals surface area contributed by atoms with Crippen molar-refractivity contribution in [2.24, 2.45) is 0 Å². The fourth-order valence-electron chi connectivity index (χ4n) is 2.32. The SMILES string of the molecule is CCOC(=O)C(O)(CC(C)(C)c1ccc(OC)cc1)C(F)(F)F. The van der Waals surface area contributed by atoms with Crippen molar-refractivity contribution >= 4 is 5.97 Å². The van der Waals surface area contributed by atoms with Gasteiger partial charge < -0.3 is 14.6 Å². The molecule has 0 heterocycles. The Kier molecular flexibility index (Phi) is 5.69. The Balaban J connectivity index is 3.16. The van der Waals surface area contributed by atoms with Crippen molar-refractivity contribution in [1.82, 2.24) is 0 Å². The second-order valence-electron chi connectivity index (χ2n) is 5.87. The van der Waals surface area contributed by atoms with Gasteiger partial charge in [0.05, 0.1) is 13.7 Å². The normalized spacial score (nSPS) is 15.0. The lowest BCUT2D eigenvalue weighted by atomic mass is 9.75. The summed E-state index contributed by atoms with van der Waals surface area (Å²) in [5.41, 5.74) is -4.15. The van der Waals surface area contributed by atoms with Gasteiger partial charge in [-0.3, -0.25) is 0 Å². The first-order chi connectivity index (χ1) is 10.5. The molecule has 1 atom stereocenters. The zero-order valence-electron chi connectivity index (χ0n) is 13.5. The second kappa shape index (κ2) is 6.78. The van der Waals surface area contributed by atoms with Crippen molar-refractivity contribution < 1.29 is 32.5 Å². The van der Waals surface area contributed by atoms with Gasteiger partial charge in [-0.25, -0.2) is 4.79 Å². The topological polar surface area (TPSA) is 55.8 Å². The summed E-state index contributed by atoms with van der Waals surface area (Å²) in [6.45, 7) is 4.17. The van der Waals surface area contributed by atoms with Crippen LogP contribution in [0.15, 0.2) is 24.3 Å². The lowest BCUT2D eigenvalue weighted by molar-refractivity contribution is -0.267. The van der Waals surface area contributed by atoms with Crippen molar-refractivity contribution in [2.45, 2.75) is 44.4 Å². The van der Waals surface area contributed by atoms with Crippen LogP contribution in [0, 0.1) is 0 Å². The summed E-state index contributed by atoms with van der Waals surface area (Å²) in [5.74, 6) is -1.13. The standard InChI is InChI=1S/C16H21F3O4/c1-5-23-13(20)15(21,16(17,18)19)10-14(2,3)11-6-8-12(22-4)9-7-11/h6-9,21H,5,10H2,1-4H3. The molecule has 23 heavy (non-hydrogen) atoms. The molecule has 0 aliphatic heterocycles. The van der Waals surface area contributed by atoms with Crippen LogP contribution in [0.3, 0.4) is 0 Å². The first kappa shape index (κ1) is 19.3. The number of halogens is 3. The van der Waals surface area contributed by atoms with Gasteiger partial charge >= 0.3 is 12.1 Å². The minimum absolute atomic E-state index is 0.250. The van der Waals surface area contributed by atoms with Crippen molar-refractivity contribution in [3.05, 3.63) is 29.8 Å². The third-order valence-electron chi connectivity index (χ3n) is 3.65. The molecule has 1 unspecified atom stereocenters. The summed E-state index contributed by atoms with van der Waals surface area (Å²) in [7, 11) is 1.48. The minimum atomic E-state index is -5.14. The molecule has 7 heteroatoms. The zero-order chi connectivity index (χ0) is 17.9. The van der Waals surface area contributed by atoms with E-state index in [0.29, 0.717) is 11.3 Å². The van der Waals surface area contributed by atoms with Gasteiger partial charge in [0.15, 0.2) is 0 Å². The highest BCUT2D eigenvalue weighted by Gasteiger charge is 2.62. The number of carbonyl (C=O) groups is 1. The lowest BCUT2D eigenvalue weighted by Crippen LogP contribution is -2.55. The zero-order valence-corrected chi connectivity index (χ0v) is 13.5. The van der Waals surface area contributed by atoms with Crippen molar-refractivity contribution in [2.75, 3.05) is 13.7 Å². The third kappa shape index (κ3) is 4.16. The van der Waals surface area contributed by atoms with Crippen molar-refractivity contribution in [3.63, 3.8) is 0 Å². The van der Waals surface area contributed by atoms with Crippen molar-refractivity contribution in [1.29, 1.82) is 0 Å². The van der Waals surface area contributed by atoms with E-state index in [1.165, 1.54) is 27.9 Å². The summed E-state index contributed by atoms with van der Waals surface area (Å²) < 4.78 is 49.2. The summed E-state index contributed by atoms with van der Waals surface area (Å²) in [6.07, 6.45) is -5.99. The van der Waals surface area contributed by atoms with E-state index in [0.717, 1.165) is 0 Å². The Morgan fingerprint density at radius 2 is 1.70 bits per heavy atom. The van der Waals surface area contributed by atoms with Crippen LogP contribution in [-0.2, 0) is 14.9 Å². The van der Waals surface area contributed by atoms with E-state index in [2.05, 4.69) is 4.74 Å². The summed E-state index contributed by atoms with van der Waals surface area (Å²) in [4.78, 5) is 11.7. The van der Waals surface area contributed by atoms with Gasteiger partial charge in [0, 0.05) is 6.42 Å². The predicted molar refractivity (Wildman–Crippen MR) is 78.3 cm³/mol. The highest BCUT2D eigenvalue weighted by Crippen LogP contribution is 2.42. The average molecular weight is 334 g/mol. The number of carbonyl (C=O) groups excluding carboxylic acids is 1. The van der Waals surface area contributed by atoms with Gasteiger partial charge in [-0.1, -0.05) is 26.0 Å². The first-order valence-electron chi connectivity index (χ1n) is 7.09. The highest BCUT2D eigenvalue weighted by molar-refractivity contribution is 5.80. The minimum Gasteiger partial charge on any atom is -0.497 e. The molecule has 1 aromatic rings. The Morgan fingerprint density at radius 1 is 1.17 bits per heavy atom. The van der Waals surface area contributed by atoms with Gasteiger partial charge in [0.25, 0.3) is 5.60 Å². The van der Waals surface area contributed by atoms with Crippen LogP contribution in [-0.4, -0.2) is 36.6 Å². The quantitative estimate of drug-likeness (QED) is 0.812. The maximum absolute atomic E-state index is 13.3. The number of benzene rings is 1. The molecular formula is C16H21F3O4. The molecule has 0 spiro atoms. The van der Waals surface area contributed by atoms with Gasteiger partial charge in [-0.15, -0.1) is 0 Å². The molecule has 1 aromatic carbocycles. The maximum atomic E-state index is 13.3. The van der Waals surface area contributed by atoms with E-state index in [-0.39, 0.29) is 6.61 Å². The Hall–Kier alpha value is -1.76. The number of esters is 1. The smallest absolute Gasteiger partial charge is 0.428 e. The van der Waals surface area contributed by atoms with E-state index < -0.39 is 29.6 Å². The molecule has 0 saturated heterocycles. The summed E-state index contributed by atoms with van der Waals surface area (Å²) in [6, 6.07) is 6.41. The number of ether oxygens (including phenoxy) is 2. The van der Waals surface area contributed by atoms with Crippen LogP contribution in [0.1, 0.15) is 32.8 Å². The van der Waals surface area contributed by atoms with Crippen LogP contribution in [0.25, 0.3) is 0 Å². The predicted octanol–water partition coefficient (Wildman–Crippen LogP) is 3.22. The lowest BCUT2D eigenvalue weighted by Gasteiger charge is -2.36. The summed E-state index contributed by atoms with van der Waals surface area (Å²) in [5, 5.41) is 10.0. The first-order valence-corrected chi connectivity index (χ1v) is 7.09. The fraction of sp³-hybridized carbons (Fsp3) is 0.562. The molecule has 1 rings (SSSR count). The monoisotopic (exact) mass is 334 g/mol. The molecule has 0 radical (unpaired) electrons. The number of hydrogen-bond donors (Lipinski definition) is 1. The largest absolute Gasteiger partial charge is 0.497 e. The number of alkyl halides is 3. The Morgan fingerprint density at radius 3 is 2.09 bits per heavy atom. The Labute approximate surface area is 133 Å². The van der Waals surface area contributed by atoms with Gasteiger partial charge in [0.1, 0.15) is 5.75 Å². The molecule has 1 N–H and O–H groups in total. The van der Waals surface area contributed by atoms with E-state index in [4.69, 9.17) is 4.74 Å². The van der Waals surface area contributed by atoms with Crippen LogP contribution in [0.5, 0.6) is 5.75 Å². The molecule has 0 aliphatic rings. The van der Waals surface area contributed by atoms with Crippen LogP contribution in [0.2, 0.25) is 0 Å². The highest BCUT2D eigenvalue weighted by atomic mass is 19.4. The molecule has 0 saturated carbocycles. The van der Waals surface area contributed by atoms with E-state index in [1.807, 2.05) is 0 Å². The van der Waals surface area contributed by atoms with Gasteiger partial charge in [-0.05, 0) is 30.0 Å². The van der Waals surface area contributed by atoms with Crippen LogP contribution < -0.4 is 4.74 Å². The number of methoxy groups -OCH3 is 1.